The molecule has 0 heterocycles. The number of aliphatic hydroxyl groups is 1. The van der Waals surface area contributed by atoms with E-state index in [9.17, 15) is 0 Å². The molecule has 0 saturated carbocycles. The molecule has 10 heavy (non-hydrogen) atoms. The van der Waals surface area contributed by atoms with Gasteiger partial charge in [0.25, 0.3) is 0 Å². The van der Waals surface area contributed by atoms with Crippen LogP contribution >= 0.6 is 0 Å². The number of aromatic hydroxyl groups is 1. The standard InChI is InChI=1S/C7H7O2.Po/c8-5-6-3-1-2-4-7(6)9;/h1,3-4,8-9H,5H2;. The molecule has 53 valence electrons. The molecule has 0 unspecified atom stereocenters. The minimum atomic E-state index is -0.0958. The molecular formula is C7H7O2Po. The monoisotopic (exact) mass is 332 g/mol. The number of rotatable bonds is 1. The average Bonchev–Trinajstić information content (AvgIpc) is 1.88. The summed E-state index contributed by atoms with van der Waals surface area (Å²) in [6.45, 7) is -0.0958. The van der Waals surface area contributed by atoms with Crippen molar-refractivity contribution in [2.75, 3.05) is 0 Å². The normalized spacial score (nSPS) is 9.70. The first kappa shape index (κ1) is 7.98. The molecule has 0 aromatic heterocycles. The summed E-state index contributed by atoms with van der Waals surface area (Å²) in [7, 11) is 0. The van der Waals surface area contributed by atoms with Crippen molar-refractivity contribution in [3.63, 3.8) is 0 Å². The van der Waals surface area contributed by atoms with Crippen LogP contribution in [0.25, 0.3) is 0 Å². The predicted molar refractivity (Wildman–Crippen MR) is 39.4 cm³/mol. The van der Waals surface area contributed by atoms with Gasteiger partial charge in [-0.3, -0.25) is 0 Å². The third-order valence-electron chi connectivity index (χ3n) is 1.23. The Balaban J connectivity index is 3.07. The minimum absolute atomic E-state index is 0.0958. The van der Waals surface area contributed by atoms with Gasteiger partial charge in [0.15, 0.2) is 0 Å². The van der Waals surface area contributed by atoms with Gasteiger partial charge < -0.3 is 0 Å². The molecular weight excluding hydrogens is 325 g/mol. The Kier molecular flexibility index (Phi) is 2.65. The fourth-order valence-corrected chi connectivity index (χ4v) is 1.38. The third kappa shape index (κ3) is 1.68. The molecule has 0 spiro atoms. The Hall–Kier alpha value is -0.124. The zero-order valence-corrected chi connectivity index (χ0v) is 8.42. The van der Waals surface area contributed by atoms with Crippen LogP contribution in [0.4, 0.5) is 0 Å². The molecule has 0 aliphatic heterocycles. The summed E-state index contributed by atoms with van der Waals surface area (Å²) in [4.78, 5) is 0. The Bertz CT molecular complexity index is 235. The first-order chi connectivity index (χ1) is 4.74. The molecule has 1 rings (SSSR count). The van der Waals surface area contributed by atoms with Gasteiger partial charge in [0, 0.05) is 0 Å². The molecule has 0 aliphatic rings. The second-order valence-electron chi connectivity index (χ2n) is 1.95. The molecule has 0 aliphatic carbocycles. The van der Waals surface area contributed by atoms with Crippen molar-refractivity contribution in [1.29, 1.82) is 0 Å². The van der Waals surface area contributed by atoms with Crippen molar-refractivity contribution in [3.8, 4) is 5.75 Å². The van der Waals surface area contributed by atoms with Crippen molar-refractivity contribution in [3.05, 3.63) is 23.8 Å². The molecule has 3 heteroatoms. The maximum absolute atomic E-state index is 9.14. The van der Waals surface area contributed by atoms with Gasteiger partial charge in [-0.1, -0.05) is 0 Å². The van der Waals surface area contributed by atoms with Gasteiger partial charge in [0.2, 0.25) is 0 Å². The molecule has 2 N–H and O–H groups in total. The van der Waals surface area contributed by atoms with Crippen molar-refractivity contribution < 1.29 is 10.2 Å². The Labute approximate surface area is 74.6 Å². The summed E-state index contributed by atoms with van der Waals surface area (Å²) in [5, 5.41) is 17.8. The average molecular weight is 332 g/mol. The third-order valence-corrected chi connectivity index (χ3v) is 2.21. The van der Waals surface area contributed by atoms with E-state index in [0.29, 0.717) is 5.56 Å². The Morgan fingerprint density at radius 2 is 2.10 bits per heavy atom. The first-order valence-electron chi connectivity index (χ1n) is 2.84. The number of aliphatic hydroxyl groups excluding tert-OH is 1. The summed E-state index contributed by atoms with van der Waals surface area (Å²) < 4.78 is 1.08. The quantitative estimate of drug-likeness (QED) is 0.740. The fraction of sp³-hybridized carbons (Fsp3) is 0.143. The van der Waals surface area contributed by atoms with E-state index in [4.69, 9.17) is 10.2 Å². The molecule has 0 bridgehead atoms. The van der Waals surface area contributed by atoms with Crippen molar-refractivity contribution in [1.82, 2.24) is 0 Å². The van der Waals surface area contributed by atoms with Gasteiger partial charge in [-0.2, -0.15) is 0 Å². The van der Waals surface area contributed by atoms with E-state index in [-0.39, 0.29) is 12.4 Å². The molecule has 0 saturated heterocycles. The van der Waals surface area contributed by atoms with Crippen LogP contribution in [0.3, 0.4) is 0 Å². The zero-order chi connectivity index (χ0) is 7.56. The van der Waals surface area contributed by atoms with E-state index in [1.165, 1.54) is 25.1 Å². The van der Waals surface area contributed by atoms with E-state index in [1.54, 1.807) is 12.1 Å². The van der Waals surface area contributed by atoms with Gasteiger partial charge in [-0.05, 0) is 0 Å². The fourth-order valence-electron chi connectivity index (χ4n) is 0.677. The van der Waals surface area contributed by atoms with E-state index >= 15 is 0 Å². The van der Waals surface area contributed by atoms with Crippen molar-refractivity contribution in [2.24, 2.45) is 0 Å². The zero-order valence-electron chi connectivity index (χ0n) is 5.24. The molecule has 0 amide bonds. The van der Waals surface area contributed by atoms with Gasteiger partial charge in [0.05, 0.1) is 0 Å². The molecule has 2 nitrogen and oxygen atoms in total. The van der Waals surface area contributed by atoms with Crippen molar-refractivity contribution in [2.45, 2.75) is 6.61 Å². The second kappa shape index (κ2) is 3.32. The SMILES string of the molecule is OCc1cc[c]([Po])cc1O. The summed E-state index contributed by atoms with van der Waals surface area (Å²) >= 11 is 1.31. The van der Waals surface area contributed by atoms with Gasteiger partial charge in [-0.15, -0.1) is 0 Å². The van der Waals surface area contributed by atoms with Gasteiger partial charge in [0.1, 0.15) is 0 Å². The number of benzene rings is 1. The van der Waals surface area contributed by atoms with E-state index in [2.05, 4.69) is 0 Å². The van der Waals surface area contributed by atoms with Gasteiger partial charge >= 0.3 is 74.6 Å². The van der Waals surface area contributed by atoms with E-state index < -0.39 is 0 Å². The van der Waals surface area contributed by atoms with E-state index in [0.717, 1.165) is 3.22 Å². The summed E-state index contributed by atoms with van der Waals surface area (Å²) in [5.74, 6) is 0.190. The van der Waals surface area contributed by atoms with Gasteiger partial charge in [-0.25, -0.2) is 0 Å². The number of hydrogen-bond acceptors (Lipinski definition) is 2. The second-order valence-corrected chi connectivity index (χ2v) is 3.78. The van der Waals surface area contributed by atoms with Crippen LogP contribution in [0, 0.1) is 0 Å². The molecule has 1 aromatic rings. The van der Waals surface area contributed by atoms with Crippen LogP contribution in [0.15, 0.2) is 18.2 Å². The van der Waals surface area contributed by atoms with Crippen LogP contribution in [0.2, 0.25) is 0 Å². The summed E-state index contributed by atoms with van der Waals surface area (Å²) in [5.41, 5.74) is 0.588. The number of phenols is 1. The molecule has 0 fully saturated rings. The van der Waals surface area contributed by atoms with Crippen LogP contribution in [0.1, 0.15) is 5.56 Å². The van der Waals surface area contributed by atoms with E-state index in [1.807, 2.05) is 6.07 Å². The Morgan fingerprint density at radius 3 is 2.60 bits per heavy atom. The van der Waals surface area contributed by atoms with Crippen molar-refractivity contribution >= 4 is 28.3 Å². The topological polar surface area (TPSA) is 40.5 Å². The van der Waals surface area contributed by atoms with Crippen LogP contribution < -0.4 is 3.22 Å². The summed E-state index contributed by atoms with van der Waals surface area (Å²) in [6, 6.07) is 5.29. The van der Waals surface area contributed by atoms with Crippen LogP contribution in [-0.4, -0.2) is 35.3 Å². The predicted octanol–water partition coefficient (Wildman–Crippen LogP) is -0.322. The van der Waals surface area contributed by atoms with Crippen LogP contribution in [-0.2, 0) is 6.61 Å². The molecule has 1 aromatic carbocycles. The Morgan fingerprint density at radius 1 is 1.40 bits per heavy atom. The molecule has 0 atom stereocenters. The van der Waals surface area contributed by atoms with Crippen LogP contribution in [0.5, 0.6) is 5.75 Å². The molecule has 1 radical (unpaired) electrons. The maximum atomic E-state index is 9.14. The number of hydrogen-bond donors (Lipinski definition) is 2. The summed E-state index contributed by atoms with van der Waals surface area (Å²) in [6.07, 6.45) is 0. The first-order valence-corrected chi connectivity index (χ1v) is 4.42.